The highest BCUT2D eigenvalue weighted by Gasteiger charge is 2.21. The van der Waals surface area contributed by atoms with Crippen LogP contribution in [0, 0.1) is 20.8 Å². The second-order valence-corrected chi connectivity index (χ2v) is 10.2. The fourth-order valence-corrected chi connectivity index (χ4v) is 5.87. The summed E-state index contributed by atoms with van der Waals surface area (Å²) >= 11 is 1.52. The molecule has 6 heteroatoms. The normalized spacial score (nSPS) is 11.4. The lowest BCUT2D eigenvalue weighted by atomic mass is 9.96. The van der Waals surface area contributed by atoms with E-state index in [-0.39, 0.29) is 0 Å². The number of hydrogen-bond acceptors (Lipinski definition) is 5. The van der Waals surface area contributed by atoms with Crippen LogP contribution in [0.5, 0.6) is 5.75 Å². The van der Waals surface area contributed by atoms with Crippen molar-refractivity contribution < 1.29 is 4.74 Å². The van der Waals surface area contributed by atoms with Crippen molar-refractivity contribution in [3.05, 3.63) is 95.8 Å². The number of thioether (sulfide) groups is 1. The van der Waals surface area contributed by atoms with Gasteiger partial charge < -0.3 is 9.30 Å². The summed E-state index contributed by atoms with van der Waals surface area (Å²) in [4.78, 5) is 13.6. The van der Waals surface area contributed by atoms with E-state index in [0.717, 1.165) is 44.5 Å². The molecule has 4 aromatic carbocycles. The van der Waals surface area contributed by atoms with E-state index in [4.69, 9.17) is 9.72 Å². The third-order valence-electron chi connectivity index (χ3n) is 7.19. The van der Waals surface area contributed by atoms with E-state index in [1.54, 1.807) is 13.4 Å². The Hall–Kier alpha value is -4.16. The van der Waals surface area contributed by atoms with Crippen LogP contribution in [0.25, 0.3) is 50.0 Å². The Morgan fingerprint density at radius 2 is 1.50 bits per heavy atom. The maximum atomic E-state index is 5.63. The maximum absolute atomic E-state index is 5.63. The van der Waals surface area contributed by atoms with Crippen molar-refractivity contribution in [2.75, 3.05) is 13.4 Å². The number of hydrogen-bond donors (Lipinski definition) is 0. The number of aryl methyl sites for hydroxylation is 2. The average Bonchev–Trinajstić information content (AvgIpc) is 3.26. The lowest BCUT2D eigenvalue weighted by Gasteiger charge is -2.19. The fourth-order valence-electron chi connectivity index (χ4n) is 5.54. The molecule has 0 saturated heterocycles. The van der Waals surface area contributed by atoms with Gasteiger partial charge >= 0.3 is 0 Å². The van der Waals surface area contributed by atoms with Crippen LogP contribution in [0.1, 0.15) is 16.7 Å². The average molecular weight is 517 g/mol. The van der Waals surface area contributed by atoms with E-state index in [1.165, 1.54) is 33.8 Å². The summed E-state index contributed by atoms with van der Waals surface area (Å²) < 4.78 is 8.01. The first-order chi connectivity index (χ1) is 18.5. The molecule has 2 aromatic heterocycles. The number of nitrogens with zero attached hydrogens (tertiary/aromatic N) is 4. The molecule has 0 unspecified atom stereocenters. The summed E-state index contributed by atoms with van der Waals surface area (Å²) in [5, 5.41) is 3.06. The molecule has 0 spiro atoms. The molecule has 5 nitrogen and oxygen atoms in total. The number of ether oxygens (including phenoxy) is 1. The molecular formula is C32H28N4OS. The first-order valence-electron chi connectivity index (χ1n) is 12.5. The molecule has 0 aliphatic rings. The second kappa shape index (κ2) is 9.62. The summed E-state index contributed by atoms with van der Waals surface area (Å²) in [6.07, 6.45) is 3.58. The van der Waals surface area contributed by atoms with Gasteiger partial charge in [0.2, 0.25) is 0 Å². The summed E-state index contributed by atoms with van der Waals surface area (Å²) in [6.45, 7) is 6.48. The van der Waals surface area contributed by atoms with Crippen molar-refractivity contribution in [3.8, 4) is 34.0 Å². The standard InChI is InChI=1S/C32H28N4OS/c1-19-15-20(2)30(21(3)29(19)31-33-18-34-32(35-31)38-5)36-27-13-11-23(22-9-7-6-8-10-22)16-25(27)26-17-24(37-4)12-14-28(26)36/h6-18H,1-5H3. The molecule has 0 atom stereocenters. The van der Waals surface area contributed by atoms with Crippen LogP contribution in [0.15, 0.2) is 84.3 Å². The molecule has 2 heterocycles. The van der Waals surface area contributed by atoms with Gasteiger partial charge in [-0.2, -0.15) is 0 Å². The third-order valence-corrected chi connectivity index (χ3v) is 7.75. The summed E-state index contributed by atoms with van der Waals surface area (Å²) in [5.41, 5.74) is 10.3. The number of fused-ring (bicyclic) bond motifs is 3. The van der Waals surface area contributed by atoms with Gasteiger partial charge in [0.25, 0.3) is 0 Å². The monoisotopic (exact) mass is 516 g/mol. The van der Waals surface area contributed by atoms with Crippen molar-refractivity contribution in [2.24, 2.45) is 0 Å². The number of rotatable bonds is 5. The molecule has 0 amide bonds. The van der Waals surface area contributed by atoms with Crippen LogP contribution in [0.2, 0.25) is 0 Å². The molecule has 0 radical (unpaired) electrons. The minimum absolute atomic E-state index is 0.703. The van der Waals surface area contributed by atoms with Gasteiger partial charge in [-0.05, 0) is 85.2 Å². The zero-order valence-electron chi connectivity index (χ0n) is 22.1. The minimum atomic E-state index is 0.703. The Bertz CT molecular complexity index is 1830. The van der Waals surface area contributed by atoms with Gasteiger partial charge in [-0.3, -0.25) is 0 Å². The van der Waals surface area contributed by atoms with Gasteiger partial charge in [-0.25, -0.2) is 15.0 Å². The lowest BCUT2D eigenvalue weighted by molar-refractivity contribution is 0.415. The van der Waals surface area contributed by atoms with E-state index in [9.17, 15) is 0 Å². The molecule has 0 aliphatic heterocycles. The Morgan fingerprint density at radius 3 is 2.24 bits per heavy atom. The van der Waals surface area contributed by atoms with Crippen LogP contribution in [-0.4, -0.2) is 32.9 Å². The zero-order valence-corrected chi connectivity index (χ0v) is 22.9. The van der Waals surface area contributed by atoms with Crippen LogP contribution in [-0.2, 0) is 0 Å². The third kappa shape index (κ3) is 3.92. The van der Waals surface area contributed by atoms with Crippen molar-refractivity contribution >= 4 is 33.6 Å². The van der Waals surface area contributed by atoms with Crippen molar-refractivity contribution in [1.29, 1.82) is 0 Å². The van der Waals surface area contributed by atoms with Crippen LogP contribution in [0.4, 0.5) is 0 Å². The SMILES string of the molecule is COc1ccc2c(c1)c1cc(-c3ccccc3)ccc1n2-c1c(C)cc(C)c(-c2ncnc(SC)n2)c1C. The quantitative estimate of drug-likeness (QED) is 0.218. The van der Waals surface area contributed by atoms with E-state index >= 15 is 0 Å². The molecule has 6 aromatic rings. The minimum Gasteiger partial charge on any atom is -0.497 e. The van der Waals surface area contributed by atoms with Crippen LogP contribution in [0.3, 0.4) is 0 Å². The molecule has 188 valence electrons. The summed E-state index contributed by atoms with van der Waals surface area (Å²) in [5.74, 6) is 1.55. The van der Waals surface area contributed by atoms with Gasteiger partial charge in [0.15, 0.2) is 11.0 Å². The largest absolute Gasteiger partial charge is 0.497 e. The predicted molar refractivity (Wildman–Crippen MR) is 158 cm³/mol. The zero-order chi connectivity index (χ0) is 26.4. The molecule has 38 heavy (non-hydrogen) atoms. The summed E-state index contributed by atoms with van der Waals surface area (Å²) in [7, 11) is 1.72. The maximum Gasteiger partial charge on any atom is 0.190 e. The van der Waals surface area contributed by atoms with Gasteiger partial charge in [0, 0.05) is 16.3 Å². The molecule has 6 rings (SSSR count). The van der Waals surface area contributed by atoms with Gasteiger partial charge in [0.05, 0.1) is 23.8 Å². The van der Waals surface area contributed by atoms with Crippen molar-refractivity contribution in [3.63, 3.8) is 0 Å². The number of aromatic nitrogens is 4. The van der Waals surface area contributed by atoms with Crippen LogP contribution >= 0.6 is 11.8 Å². The fraction of sp³-hybridized carbons (Fsp3) is 0.156. The molecule has 0 aliphatic carbocycles. The number of benzene rings is 4. The molecule has 0 fully saturated rings. The first kappa shape index (κ1) is 24.2. The molecule has 0 saturated carbocycles. The van der Waals surface area contributed by atoms with Crippen molar-refractivity contribution in [2.45, 2.75) is 25.9 Å². The Balaban J connectivity index is 1.68. The lowest BCUT2D eigenvalue weighted by Crippen LogP contribution is -2.05. The highest BCUT2D eigenvalue weighted by atomic mass is 32.2. The van der Waals surface area contributed by atoms with Gasteiger partial charge in [0.1, 0.15) is 12.1 Å². The molecule has 0 N–H and O–H groups in total. The highest BCUT2D eigenvalue weighted by molar-refractivity contribution is 7.98. The molecule has 0 bridgehead atoms. The van der Waals surface area contributed by atoms with E-state index in [2.05, 4.69) is 96.0 Å². The first-order valence-corrected chi connectivity index (χ1v) is 13.7. The molecular weight excluding hydrogens is 488 g/mol. The van der Waals surface area contributed by atoms with Crippen LogP contribution < -0.4 is 4.74 Å². The number of methoxy groups -OCH3 is 1. The van der Waals surface area contributed by atoms with Crippen molar-refractivity contribution in [1.82, 2.24) is 19.5 Å². The predicted octanol–water partition coefficient (Wildman–Crippen LogP) is 7.96. The Kier molecular flexibility index (Phi) is 6.12. The topological polar surface area (TPSA) is 52.8 Å². The summed E-state index contributed by atoms with van der Waals surface area (Å²) in [6, 6.07) is 25.8. The Morgan fingerprint density at radius 1 is 0.763 bits per heavy atom. The van der Waals surface area contributed by atoms with Gasteiger partial charge in [-0.1, -0.05) is 54.2 Å². The second-order valence-electron chi connectivity index (χ2n) is 9.47. The van der Waals surface area contributed by atoms with Gasteiger partial charge in [-0.15, -0.1) is 0 Å². The Labute approximate surface area is 226 Å². The highest BCUT2D eigenvalue weighted by Crippen LogP contribution is 2.40. The smallest absolute Gasteiger partial charge is 0.190 e. The van der Waals surface area contributed by atoms with E-state index in [0.29, 0.717) is 11.0 Å². The van der Waals surface area contributed by atoms with E-state index < -0.39 is 0 Å². The van der Waals surface area contributed by atoms with E-state index in [1.807, 2.05) is 18.4 Å².